The van der Waals surface area contributed by atoms with Crippen molar-refractivity contribution >= 4 is 29.4 Å². The van der Waals surface area contributed by atoms with E-state index in [0.29, 0.717) is 5.69 Å². The number of anilines is 1. The molecule has 1 fully saturated rings. The Balaban J connectivity index is 1.22. The van der Waals surface area contributed by atoms with Crippen molar-refractivity contribution in [1.29, 1.82) is 0 Å². The van der Waals surface area contributed by atoms with Crippen molar-refractivity contribution in [2.45, 2.75) is 38.6 Å². The number of carbonyl (C=O) groups is 4. The van der Waals surface area contributed by atoms with E-state index in [1.165, 1.54) is 6.92 Å². The average Bonchev–Trinajstić information content (AvgIpc) is 3.19. The summed E-state index contributed by atoms with van der Waals surface area (Å²) in [6.45, 7) is 4.73. The number of nitrogens with one attached hydrogen (secondary N) is 1. The zero-order valence-electron chi connectivity index (χ0n) is 21.4. The molecule has 192 valence electrons. The van der Waals surface area contributed by atoms with Crippen molar-refractivity contribution in [3.8, 4) is 0 Å². The Morgan fingerprint density at radius 2 is 1.24 bits per heavy atom. The Morgan fingerprint density at radius 3 is 1.68 bits per heavy atom. The van der Waals surface area contributed by atoms with E-state index >= 15 is 0 Å². The minimum atomic E-state index is -1.14. The summed E-state index contributed by atoms with van der Waals surface area (Å²) in [5, 5.41) is 2.78. The highest BCUT2D eigenvalue weighted by Crippen LogP contribution is 2.61. The molecule has 0 radical (unpaired) electrons. The van der Waals surface area contributed by atoms with Gasteiger partial charge >= 0.3 is 5.97 Å². The molecule has 3 aromatic carbocycles. The normalized spacial score (nSPS) is 23.4. The van der Waals surface area contributed by atoms with E-state index in [1.54, 1.807) is 0 Å². The van der Waals surface area contributed by atoms with Crippen LogP contribution in [-0.4, -0.2) is 41.2 Å². The number of benzene rings is 3. The smallest absolute Gasteiger partial charge is 0.329 e. The lowest BCUT2D eigenvalue weighted by Crippen LogP contribution is -2.45. The second-order valence-corrected chi connectivity index (χ2v) is 10.4. The number of hydrogen-bond acceptors (Lipinski definition) is 5. The van der Waals surface area contributed by atoms with Crippen LogP contribution in [0.15, 0.2) is 66.7 Å². The number of rotatable bonds is 5. The predicted molar refractivity (Wildman–Crippen MR) is 140 cm³/mol. The fourth-order valence-electron chi connectivity index (χ4n) is 6.63. The lowest BCUT2D eigenvalue weighted by atomic mass is 9.55. The minimum Gasteiger partial charge on any atom is -0.454 e. The topological polar surface area (TPSA) is 92.8 Å². The molecule has 3 aliphatic carbocycles. The number of esters is 1. The molecule has 7 nitrogen and oxygen atoms in total. The van der Waals surface area contributed by atoms with Crippen LogP contribution in [0.4, 0.5) is 5.69 Å². The summed E-state index contributed by atoms with van der Waals surface area (Å²) < 4.78 is 5.28. The molecule has 3 atom stereocenters. The molecule has 2 bridgehead atoms. The first-order valence-corrected chi connectivity index (χ1v) is 12.9. The molecule has 1 N–H and O–H groups in total. The van der Waals surface area contributed by atoms with Crippen molar-refractivity contribution < 1.29 is 23.9 Å². The van der Waals surface area contributed by atoms with Gasteiger partial charge in [-0.3, -0.25) is 19.3 Å². The number of amides is 3. The number of likely N-dealkylation sites (tertiary alicyclic amines) is 1. The monoisotopic (exact) mass is 508 g/mol. The molecule has 3 amide bonds. The molecule has 0 unspecified atom stereocenters. The fourth-order valence-corrected chi connectivity index (χ4v) is 6.63. The van der Waals surface area contributed by atoms with Crippen molar-refractivity contribution in [2.24, 2.45) is 11.8 Å². The second kappa shape index (κ2) is 8.94. The Labute approximate surface area is 220 Å². The molecule has 1 aliphatic heterocycles. The highest BCUT2D eigenvalue weighted by atomic mass is 16.5. The SMILES string of the molecule is Cc1cccc(C)c1NC(=O)COC(=O)[C@H](C)N1C(=O)[C@@H]2C3c4ccccc4C(c4ccccc43)[C@@H]2C1=O. The number of para-hydroxylation sites is 1. The third-order valence-corrected chi connectivity index (χ3v) is 8.30. The lowest BCUT2D eigenvalue weighted by molar-refractivity contribution is -0.159. The summed E-state index contributed by atoms with van der Waals surface area (Å²) in [5.41, 5.74) is 6.73. The van der Waals surface area contributed by atoms with Gasteiger partial charge in [-0.25, -0.2) is 4.79 Å². The van der Waals surface area contributed by atoms with Gasteiger partial charge in [-0.15, -0.1) is 0 Å². The number of imide groups is 1. The molecule has 7 rings (SSSR count). The molecule has 0 saturated carbocycles. The van der Waals surface area contributed by atoms with E-state index in [0.717, 1.165) is 38.3 Å². The minimum absolute atomic E-state index is 0.245. The average molecular weight is 509 g/mol. The largest absolute Gasteiger partial charge is 0.454 e. The zero-order chi connectivity index (χ0) is 26.7. The summed E-state index contributed by atoms with van der Waals surface area (Å²) in [7, 11) is 0. The first-order chi connectivity index (χ1) is 18.3. The molecule has 3 aromatic rings. The molecule has 38 heavy (non-hydrogen) atoms. The van der Waals surface area contributed by atoms with E-state index in [1.807, 2.05) is 80.6 Å². The predicted octanol–water partition coefficient (Wildman–Crippen LogP) is 4.07. The first kappa shape index (κ1) is 24.1. The van der Waals surface area contributed by atoms with Gasteiger partial charge in [-0.2, -0.15) is 0 Å². The second-order valence-electron chi connectivity index (χ2n) is 10.4. The van der Waals surface area contributed by atoms with Gasteiger partial charge in [0, 0.05) is 17.5 Å². The third-order valence-electron chi connectivity index (χ3n) is 8.30. The van der Waals surface area contributed by atoms with Crippen LogP contribution in [0.5, 0.6) is 0 Å². The molecular weight excluding hydrogens is 480 g/mol. The van der Waals surface area contributed by atoms with Crippen LogP contribution in [-0.2, 0) is 23.9 Å². The van der Waals surface area contributed by atoms with Gasteiger partial charge in [0.25, 0.3) is 5.91 Å². The summed E-state index contributed by atoms with van der Waals surface area (Å²) in [4.78, 5) is 54.1. The van der Waals surface area contributed by atoms with Crippen LogP contribution in [0.1, 0.15) is 52.1 Å². The van der Waals surface area contributed by atoms with E-state index in [9.17, 15) is 19.2 Å². The van der Waals surface area contributed by atoms with Crippen molar-refractivity contribution in [1.82, 2.24) is 4.90 Å². The summed E-state index contributed by atoms with van der Waals surface area (Å²) in [5.74, 6) is -3.62. The zero-order valence-corrected chi connectivity index (χ0v) is 21.4. The van der Waals surface area contributed by atoms with Gasteiger partial charge in [-0.05, 0) is 54.2 Å². The van der Waals surface area contributed by atoms with Gasteiger partial charge in [0.1, 0.15) is 6.04 Å². The van der Waals surface area contributed by atoms with Crippen LogP contribution in [0.25, 0.3) is 0 Å². The maximum atomic E-state index is 13.8. The lowest BCUT2D eigenvalue weighted by Gasteiger charge is -2.45. The number of aryl methyl sites for hydroxylation is 2. The van der Waals surface area contributed by atoms with E-state index in [4.69, 9.17) is 4.74 Å². The molecule has 1 saturated heterocycles. The summed E-state index contributed by atoms with van der Waals surface area (Å²) >= 11 is 0. The molecule has 0 aromatic heterocycles. The Morgan fingerprint density at radius 1 is 0.789 bits per heavy atom. The van der Waals surface area contributed by atoms with Crippen LogP contribution < -0.4 is 5.32 Å². The number of ether oxygens (including phenoxy) is 1. The highest BCUT2D eigenvalue weighted by Gasteiger charge is 2.62. The Kier molecular flexibility index (Phi) is 5.67. The van der Waals surface area contributed by atoms with Gasteiger partial charge in [0.15, 0.2) is 6.61 Å². The fraction of sp³-hybridized carbons (Fsp3) is 0.290. The van der Waals surface area contributed by atoms with Crippen LogP contribution in [0.2, 0.25) is 0 Å². The highest BCUT2D eigenvalue weighted by molar-refractivity contribution is 6.10. The molecule has 0 spiro atoms. The molecule has 4 aliphatic rings. The quantitative estimate of drug-likeness (QED) is 0.414. The molecule has 7 heteroatoms. The number of nitrogens with zero attached hydrogens (tertiary/aromatic N) is 1. The standard InChI is InChI=1S/C31H28N2O5/c1-16-9-8-10-17(2)28(16)32-23(34)15-38-31(37)18(3)33-29(35)26-24-19-11-4-5-12-20(19)25(27(26)30(33)36)22-14-7-6-13-21(22)24/h4-14,18,24-27H,15H2,1-3H3,(H,32,34)/t18-,24?,25?,26-,27+/m0/s1. The van der Waals surface area contributed by atoms with Gasteiger partial charge < -0.3 is 10.1 Å². The maximum Gasteiger partial charge on any atom is 0.329 e. The van der Waals surface area contributed by atoms with Crippen molar-refractivity contribution in [2.75, 3.05) is 11.9 Å². The van der Waals surface area contributed by atoms with E-state index in [2.05, 4.69) is 5.32 Å². The van der Waals surface area contributed by atoms with Crippen LogP contribution in [0, 0.1) is 25.7 Å². The van der Waals surface area contributed by atoms with E-state index < -0.39 is 36.4 Å². The van der Waals surface area contributed by atoms with Crippen LogP contribution >= 0.6 is 0 Å². The summed E-state index contributed by atoms with van der Waals surface area (Å²) in [6, 6.07) is 20.5. The van der Waals surface area contributed by atoms with Gasteiger partial charge in [0.2, 0.25) is 11.8 Å². The van der Waals surface area contributed by atoms with E-state index in [-0.39, 0.29) is 23.7 Å². The molecule has 1 heterocycles. The summed E-state index contributed by atoms with van der Waals surface area (Å²) in [6.07, 6.45) is 0. The Bertz CT molecular complexity index is 1380. The third kappa shape index (κ3) is 3.49. The van der Waals surface area contributed by atoms with Crippen molar-refractivity contribution in [3.63, 3.8) is 0 Å². The van der Waals surface area contributed by atoms with Crippen molar-refractivity contribution in [3.05, 3.63) is 100 Å². The van der Waals surface area contributed by atoms with Crippen LogP contribution in [0.3, 0.4) is 0 Å². The number of carbonyl (C=O) groups excluding carboxylic acids is 4. The Hall–Kier alpha value is -4.26. The maximum absolute atomic E-state index is 13.8. The van der Waals surface area contributed by atoms with Gasteiger partial charge in [0.05, 0.1) is 11.8 Å². The number of hydrogen-bond donors (Lipinski definition) is 1. The van der Waals surface area contributed by atoms with Gasteiger partial charge in [-0.1, -0.05) is 66.7 Å². The first-order valence-electron chi connectivity index (χ1n) is 12.9. The molecular formula is C31H28N2O5.